The Bertz CT molecular complexity index is 933. The van der Waals surface area contributed by atoms with Gasteiger partial charge in [-0.3, -0.25) is 9.59 Å². The van der Waals surface area contributed by atoms with Crippen LogP contribution in [0.3, 0.4) is 0 Å². The molecule has 0 aromatic heterocycles. The summed E-state index contributed by atoms with van der Waals surface area (Å²) in [5, 5.41) is 11.7. The molecule has 1 aliphatic heterocycles. The minimum Gasteiger partial charge on any atom is -0.493 e. The maximum Gasteiger partial charge on any atom is 0.255 e. The second kappa shape index (κ2) is 8.58. The fourth-order valence-electron chi connectivity index (χ4n) is 3.07. The van der Waals surface area contributed by atoms with Crippen molar-refractivity contribution in [2.75, 3.05) is 23.6 Å². The molecule has 4 rings (SSSR count). The van der Waals surface area contributed by atoms with Gasteiger partial charge >= 0.3 is 0 Å². The lowest BCUT2D eigenvalue weighted by molar-refractivity contribution is -0.119. The van der Waals surface area contributed by atoms with Crippen LogP contribution in [0.15, 0.2) is 48.5 Å². The molecular formula is C22H21N3O3S. The van der Waals surface area contributed by atoms with Gasteiger partial charge in [0.25, 0.3) is 5.91 Å². The Kier molecular flexibility index (Phi) is 5.72. The number of carbonyl (C=O) groups is 2. The van der Waals surface area contributed by atoms with Gasteiger partial charge in [-0.25, -0.2) is 0 Å². The molecule has 1 atom stereocenters. The molecular weight excluding hydrogens is 386 g/mol. The van der Waals surface area contributed by atoms with Crippen LogP contribution in [0.25, 0.3) is 0 Å². The number of carbonyl (C=O) groups excluding carboxylic acids is 2. The molecule has 2 aliphatic rings. The van der Waals surface area contributed by atoms with Crippen LogP contribution in [0.2, 0.25) is 0 Å². The lowest BCUT2D eigenvalue weighted by atomic mass is 10.1. The molecule has 1 aliphatic carbocycles. The Morgan fingerprint density at radius 1 is 1.14 bits per heavy atom. The van der Waals surface area contributed by atoms with Gasteiger partial charge in [-0.05, 0) is 67.3 Å². The van der Waals surface area contributed by atoms with E-state index in [9.17, 15) is 9.59 Å². The molecule has 0 spiro atoms. The van der Waals surface area contributed by atoms with E-state index in [-0.39, 0.29) is 11.8 Å². The Morgan fingerprint density at radius 3 is 2.52 bits per heavy atom. The maximum atomic E-state index is 12.9. The molecule has 1 heterocycles. The molecule has 29 heavy (non-hydrogen) atoms. The van der Waals surface area contributed by atoms with Crippen LogP contribution in [0, 0.1) is 17.2 Å². The van der Waals surface area contributed by atoms with E-state index < -0.39 is 6.04 Å². The first-order valence-electron chi connectivity index (χ1n) is 9.56. The Hall–Kier alpha value is -2.98. The molecule has 148 valence electrons. The molecule has 6 nitrogen and oxygen atoms in total. The number of nitrogens with zero attached hydrogens (tertiary/aromatic N) is 2. The van der Waals surface area contributed by atoms with Crippen molar-refractivity contribution >= 4 is 29.3 Å². The van der Waals surface area contributed by atoms with E-state index >= 15 is 0 Å². The molecule has 2 aromatic carbocycles. The number of hydrogen-bond acceptors (Lipinski definition) is 5. The summed E-state index contributed by atoms with van der Waals surface area (Å²) in [5.41, 5.74) is 1.68. The average molecular weight is 407 g/mol. The summed E-state index contributed by atoms with van der Waals surface area (Å²) < 4.78 is 5.72. The molecule has 2 amide bonds. The van der Waals surface area contributed by atoms with Crippen LogP contribution in [0.5, 0.6) is 5.75 Å². The highest BCUT2D eigenvalue weighted by molar-refractivity contribution is 7.99. The van der Waals surface area contributed by atoms with Gasteiger partial charge in [0.2, 0.25) is 5.91 Å². The van der Waals surface area contributed by atoms with Crippen molar-refractivity contribution in [2.45, 2.75) is 18.9 Å². The van der Waals surface area contributed by atoms with Crippen LogP contribution >= 0.6 is 11.8 Å². The van der Waals surface area contributed by atoms with Crippen molar-refractivity contribution in [1.82, 2.24) is 4.90 Å². The van der Waals surface area contributed by atoms with E-state index in [1.54, 1.807) is 53.1 Å². The number of ether oxygens (including phenoxy) is 1. The smallest absolute Gasteiger partial charge is 0.255 e. The number of nitriles is 1. The van der Waals surface area contributed by atoms with Crippen molar-refractivity contribution in [3.63, 3.8) is 0 Å². The van der Waals surface area contributed by atoms with Gasteiger partial charge in [-0.2, -0.15) is 5.26 Å². The van der Waals surface area contributed by atoms with E-state index in [4.69, 9.17) is 10.00 Å². The third kappa shape index (κ3) is 4.72. The summed E-state index contributed by atoms with van der Waals surface area (Å²) in [6.45, 7) is 0.730. The Balaban J connectivity index is 1.39. The fourth-order valence-corrected chi connectivity index (χ4v) is 4.23. The van der Waals surface area contributed by atoms with Gasteiger partial charge < -0.3 is 15.0 Å². The van der Waals surface area contributed by atoms with Gasteiger partial charge in [-0.1, -0.05) is 0 Å². The van der Waals surface area contributed by atoms with Crippen LogP contribution in [0.4, 0.5) is 5.69 Å². The lowest BCUT2D eigenvalue weighted by Gasteiger charge is -2.23. The largest absolute Gasteiger partial charge is 0.493 e. The second-order valence-corrected chi connectivity index (χ2v) is 8.25. The zero-order chi connectivity index (χ0) is 20.2. The fraction of sp³-hybridized carbons (Fsp3) is 0.318. The number of hydrogen-bond donors (Lipinski definition) is 1. The van der Waals surface area contributed by atoms with E-state index in [0.717, 1.165) is 12.4 Å². The molecule has 1 saturated carbocycles. The number of thioether (sulfide) groups is 1. The zero-order valence-corrected chi connectivity index (χ0v) is 16.7. The number of nitrogens with one attached hydrogen (secondary N) is 1. The maximum absolute atomic E-state index is 12.9. The van der Waals surface area contributed by atoms with E-state index in [2.05, 4.69) is 5.32 Å². The topological polar surface area (TPSA) is 82.4 Å². The lowest BCUT2D eigenvalue weighted by Crippen LogP contribution is -2.44. The van der Waals surface area contributed by atoms with Gasteiger partial charge in [-0.15, -0.1) is 11.8 Å². The van der Waals surface area contributed by atoms with Crippen molar-refractivity contribution in [3.8, 4) is 11.8 Å². The Morgan fingerprint density at radius 2 is 1.86 bits per heavy atom. The summed E-state index contributed by atoms with van der Waals surface area (Å²) in [6.07, 6.45) is 2.46. The first-order chi connectivity index (χ1) is 14.1. The molecule has 2 aromatic rings. The molecule has 7 heteroatoms. The van der Waals surface area contributed by atoms with Crippen molar-refractivity contribution in [1.29, 1.82) is 5.26 Å². The third-order valence-corrected chi connectivity index (χ3v) is 6.02. The van der Waals surface area contributed by atoms with E-state index in [1.807, 2.05) is 18.2 Å². The second-order valence-electron chi connectivity index (χ2n) is 7.25. The monoisotopic (exact) mass is 407 g/mol. The third-order valence-electron chi connectivity index (χ3n) is 5.01. The van der Waals surface area contributed by atoms with E-state index in [1.165, 1.54) is 12.8 Å². The summed E-state index contributed by atoms with van der Waals surface area (Å²) in [5.74, 6) is 2.08. The van der Waals surface area contributed by atoms with Gasteiger partial charge in [0, 0.05) is 17.0 Å². The number of rotatable bonds is 6. The zero-order valence-electron chi connectivity index (χ0n) is 15.8. The van der Waals surface area contributed by atoms with Crippen molar-refractivity contribution in [3.05, 3.63) is 59.7 Å². The Labute approximate surface area is 173 Å². The van der Waals surface area contributed by atoms with Gasteiger partial charge in [0.1, 0.15) is 11.8 Å². The molecule has 0 bridgehead atoms. The standard InChI is InChI=1S/C22H21N3O3S/c23-11-15-3-7-18(8-4-15)24-21(26)20-13-29-14-25(20)22(27)17-5-9-19(10-6-17)28-12-16-1-2-16/h3-10,16,20H,1-2,12-14H2,(H,24,26). The van der Waals surface area contributed by atoms with Crippen LogP contribution in [-0.4, -0.2) is 41.0 Å². The summed E-state index contributed by atoms with van der Waals surface area (Å²) >= 11 is 1.56. The van der Waals surface area contributed by atoms with Gasteiger partial charge in [0.15, 0.2) is 0 Å². The highest BCUT2D eigenvalue weighted by Crippen LogP contribution is 2.30. The van der Waals surface area contributed by atoms with Crippen molar-refractivity contribution < 1.29 is 14.3 Å². The predicted octanol–water partition coefficient (Wildman–Crippen LogP) is 3.50. The minimum absolute atomic E-state index is 0.163. The molecule has 1 saturated heterocycles. The average Bonchev–Trinajstić information content (AvgIpc) is 3.46. The molecule has 0 radical (unpaired) electrons. The van der Waals surface area contributed by atoms with Crippen molar-refractivity contribution in [2.24, 2.45) is 5.92 Å². The highest BCUT2D eigenvalue weighted by Gasteiger charge is 2.35. The summed E-state index contributed by atoms with van der Waals surface area (Å²) in [6, 6.07) is 15.3. The number of benzene rings is 2. The molecule has 1 unspecified atom stereocenters. The number of anilines is 1. The first-order valence-corrected chi connectivity index (χ1v) is 10.7. The summed E-state index contributed by atoms with van der Waals surface area (Å²) in [4.78, 5) is 27.3. The number of amides is 2. The molecule has 2 fully saturated rings. The van der Waals surface area contributed by atoms with Crippen LogP contribution in [-0.2, 0) is 4.79 Å². The predicted molar refractivity (Wildman–Crippen MR) is 112 cm³/mol. The minimum atomic E-state index is -0.533. The van der Waals surface area contributed by atoms with Crippen LogP contribution < -0.4 is 10.1 Å². The van der Waals surface area contributed by atoms with E-state index in [0.29, 0.717) is 34.4 Å². The highest BCUT2D eigenvalue weighted by atomic mass is 32.2. The van der Waals surface area contributed by atoms with Gasteiger partial charge in [0.05, 0.1) is 24.1 Å². The van der Waals surface area contributed by atoms with Crippen LogP contribution in [0.1, 0.15) is 28.8 Å². The first kappa shape index (κ1) is 19.3. The summed E-state index contributed by atoms with van der Waals surface area (Å²) in [7, 11) is 0. The normalized spacial score (nSPS) is 18.2. The molecule has 1 N–H and O–H groups in total. The SMILES string of the molecule is N#Cc1ccc(NC(=O)C2CSCN2C(=O)c2ccc(OCC3CC3)cc2)cc1. The quantitative estimate of drug-likeness (QED) is 0.792.